The first-order chi connectivity index (χ1) is 8.70. The van der Waals surface area contributed by atoms with Crippen LogP contribution >= 0.6 is 0 Å². The van der Waals surface area contributed by atoms with Crippen LogP contribution < -0.4 is 10.5 Å². The van der Waals surface area contributed by atoms with Crippen molar-refractivity contribution in [1.82, 2.24) is 4.57 Å². The predicted molar refractivity (Wildman–Crippen MR) is 70.5 cm³/mol. The summed E-state index contributed by atoms with van der Waals surface area (Å²) in [6.45, 7) is 0. The second-order valence-corrected chi connectivity index (χ2v) is 3.74. The maximum atomic E-state index is 10.7. The maximum absolute atomic E-state index is 10.7. The number of aromatic nitrogens is 1. The third-order valence-electron chi connectivity index (χ3n) is 2.55. The minimum absolute atomic E-state index is 0.461. The van der Waals surface area contributed by atoms with Crippen LogP contribution in [0.1, 0.15) is 5.69 Å². The molecule has 0 radical (unpaired) electrons. The monoisotopic (exact) mass is 242 g/mol. The van der Waals surface area contributed by atoms with Gasteiger partial charge in [0.2, 0.25) is 5.91 Å². The number of nitrogens with zero attached hydrogens (tertiary/aromatic N) is 1. The van der Waals surface area contributed by atoms with E-state index in [0.29, 0.717) is 0 Å². The predicted octanol–water partition coefficient (Wildman–Crippen LogP) is 1.98. The molecule has 1 aromatic heterocycles. The maximum Gasteiger partial charge on any atom is 0.241 e. The fraction of sp³-hybridized carbons (Fsp3) is 0.0714. The zero-order valence-electron chi connectivity index (χ0n) is 10.0. The van der Waals surface area contributed by atoms with Gasteiger partial charge in [-0.25, -0.2) is 0 Å². The third kappa shape index (κ3) is 2.60. The summed E-state index contributed by atoms with van der Waals surface area (Å²) in [5, 5.41) is 0. The van der Waals surface area contributed by atoms with E-state index >= 15 is 0 Å². The molecule has 0 saturated heterocycles. The van der Waals surface area contributed by atoms with Crippen molar-refractivity contribution < 1.29 is 9.53 Å². The Bertz CT molecular complexity index is 568. The molecule has 0 bridgehead atoms. The Balaban J connectivity index is 2.32. The molecule has 0 saturated carbocycles. The molecule has 0 spiro atoms. The molecule has 0 atom stereocenters. The zero-order valence-corrected chi connectivity index (χ0v) is 10.0. The number of nitrogens with two attached hydrogens (primary N) is 1. The molecule has 1 amide bonds. The van der Waals surface area contributed by atoms with Crippen molar-refractivity contribution in [2.45, 2.75) is 0 Å². The van der Waals surface area contributed by atoms with E-state index in [0.717, 1.165) is 17.1 Å². The summed E-state index contributed by atoms with van der Waals surface area (Å²) in [5.74, 6) is 0.345. The number of methoxy groups -OCH3 is 1. The molecule has 0 aliphatic rings. The molecule has 2 rings (SSSR count). The van der Waals surface area contributed by atoms with Crippen LogP contribution in [0.3, 0.4) is 0 Å². The molecule has 0 fully saturated rings. The number of primary amides is 1. The summed E-state index contributed by atoms with van der Waals surface area (Å²) in [4.78, 5) is 10.7. The lowest BCUT2D eigenvalue weighted by Crippen LogP contribution is -2.05. The van der Waals surface area contributed by atoms with Gasteiger partial charge in [-0.15, -0.1) is 0 Å². The lowest BCUT2D eigenvalue weighted by Gasteiger charge is -2.07. The molecule has 4 nitrogen and oxygen atoms in total. The van der Waals surface area contributed by atoms with Gasteiger partial charge in [-0.2, -0.15) is 0 Å². The summed E-state index contributed by atoms with van der Waals surface area (Å²) in [6, 6.07) is 11.5. The average Bonchev–Trinajstić information content (AvgIpc) is 2.85. The van der Waals surface area contributed by atoms with E-state index in [4.69, 9.17) is 10.5 Å². The largest absolute Gasteiger partial charge is 0.497 e. The van der Waals surface area contributed by atoms with Gasteiger partial charge in [-0.3, -0.25) is 4.79 Å². The Labute approximate surface area is 105 Å². The van der Waals surface area contributed by atoms with Crippen LogP contribution in [-0.4, -0.2) is 17.6 Å². The van der Waals surface area contributed by atoms with E-state index in [-0.39, 0.29) is 0 Å². The fourth-order valence-corrected chi connectivity index (χ4v) is 1.68. The van der Waals surface area contributed by atoms with Crippen LogP contribution in [0.15, 0.2) is 48.7 Å². The van der Waals surface area contributed by atoms with Crippen LogP contribution in [-0.2, 0) is 4.79 Å². The van der Waals surface area contributed by atoms with Crippen LogP contribution in [0.4, 0.5) is 0 Å². The molecule has 1 heterocycles. The van der Waals surface area contributed by atoms with Crippen molar-refractivity contribution in [3.05, 3.63) is 54.4 Å². The molecule has 1 aromatic carbocycles. The molecule has 2 N–H and O–H groups in total. The topological polar surface area (TPSA) is 57.2 Å². The van der Waals surface area contributed by atoms with Gasteiger partial charge >= 0.3 is 0 Å². The number of amides is 1. The van der Waals surface area contributed by atoms with Gasteiger partial charge in [0.1, 0.15) is 5.75 Å². The Morgan fingerprint density at radius 3 is 2.61 bits per heavy atom. The highest BCUT2D eigenvalue weighted by molar-refractivity contribution is 5.90. The number of hydrogen-bond acceptors (Lipinski definition) is 2. The highest BCUT2D eigenvalue weighted by Gasteiger charge is 2.01. The molecule has 92 valence electrons. The van der Waals surface area contributed by atoms with Crippen molar-refractivity contribution in [3.8, 4) is 11.4 Å². The number of benzene rings is 1. The van der Waals surface area contributed by atoms with Crippen LogP contribution in [0, 0.1) is 0 Å². The van der Waals surface area contributed by atoms with E-state index in [1.807, 2.05) is 47.2 Å². The van der Waals surface area contributed by atoms with Gasteiger partial charge < -0.3 is 15.0 Å². The third-order valence-corrected chi connectivity index (χ3v) is 2.55. The number of hydrogen-bond donors (Lipinski definition) is 1. The molecule has 0 unspecified atom stereocenters. The second-order valence-electron chi connectivity index (χ2n) is 3.74. The van der Waals surface area contributed by atoms with Crippen molar-refractivity contribution in [1.29, 1.82) is 0 Å². The van der Waals surface area contributed by atoms with Gasteiger partial charge in [-0.05, 0) is 42.5 Å². The van der Waals surface area contributed by atoms with E-state index in [2.05, 4.69) is 0 Å². The normalized spacial score (nSPS) is 10.7. The standard InChI is InChI=1S/C14H14N2O2/c1-18-13-7-4-12(5-8-13)16-10-2-3-11(16)6-9-14(15)17/h2-10H,1H3,(H2,15,17)/b9-6+. The van der Waals surface area contributed by atoms with E-state index in [1.165, 1.54) is 6.08 Å². The minimum atomic E-state index is -0.461. The summed E-state index contributed by atoms with van der Waals surface area (Å²) < 4.78 is 7.07. The fourth-order valence-electron chi connectivity index (χ4n) is 1.68. The van der Waals surface area contributed by atoms with Crippen molar-refractivity contribution in [2.24, 2.45) is 5.73 Å². The molecular formula is C14H14N2O2. The minimum Gasteiger partial charge on any atom is -0.497 e. The van der Waals surface area contributed by atoms with Gasteiger partial charge in [0, 0.05) is 23.7 Å². The first kappa shape index (κ1) is 12.0. The summed E-state index contributed by atoms with van der Waals surface area (Å²) in [6.07, 6.45) is 4.95. The van der Waals surface area contributed by atoms with Crippen molar-refractivity contribution in [3.63, 3.8) is 0 Å². The van der Waals surface area contributed by atoms with Crippen LogP contribution in [0.2, 0.25) is 0 Å². The lowest BCUT2D eigenvalue weighted by atomic mass is 10.3. The smallest absolute Gasteiger partial charge is 0.241 e. The summed E-state index contributed by atoms with van der Waals surface area (Å²) in [5.41, 5.74) is 6.96. The van der Waals surface area contributed by atoms with Gasteiger partial charge in [0.25, 0.3) is 0 Å². The highest BCUT2D eigenvalue weighted by Crippen LogP contribution is 2.17. The number of ether oxygens (including phenoxy) is 1. The van der Waals surface area contributed by atoms with Crippen molar-refractivity contribution in [2.75, 3.05) is 7.11 Å². The second kappa shape index (κ2) is 5.23. The van der Waals surface area contributed by atoms with Gasteiger partial charge in [-0.1, -0.05) is 0 Å². The van der Waals surface area contributed by atoms with E-state index in [1.54, 1.807) is 13.2 Å². The summed E-state index contributed by atoms with van der Waals surface area (Å²) in [7, 11) is 1.63. The molecule has 2 aromatic rings. The molecule has 18 heavy (non-hydrogen) atoms. The lowest BCUT2D eigenvalue weighted by molar-refractivity contribution is -0.113. The van der Waals surface area contributed by atoms with E-state index < -0.39 is 5.91 Å². The van der Waals surface area contributed by atoms with Crippen molar-refractivity contribution >= 4 is 12.0 Å². The summed E-state index contributed by atoms with van der Waals surface area (Å²) >= 11 is 0. The Morgan fingerprint density at radius 2 is 2.00 bits per heavy atom. The van der Waals surface area contributed by atoms with Crippen LogP contribution in [0.25, 0.3) is 11.8 Å². The molecule has 0 aliphatic heterocycles. The Kier molecular flexibility index (Phi) is 3.48. The molecular weight excluding hydrogens is 228 g/mol. The number of carbonyl (C=O) groups is 1. The Morgan fingerprint density at radius 1 is 1.28 bits per heavy atom. The molecule has 4 heteroatoms. The first-order valence-corrected chi connectivity index (χ1v) is 5.50. The van der Waals surface area contributed by atoms with Gasteiger partial charge in [0.15, 0.2) is 0 Å². The SMILES string of the molecule is COc1ccc(-n2cccc2/C=C/C(N)=O)cc1. The average molecular weight is 242 g/mol. The number of rotatable bonds is 4. The van der Waals surface area contributed by atoms with E-state index in [9.17, 15) is 4.79 Å². The van der Waals surface area contributed by atoms with Crippen LogP contribution in [0.5, 0.6) is 5.75 Å². The Hall–Kier alpha value is -2.49. The van der Waals surface area contributed by atoms with Gasteiger partial charge in [0.05, 0.1) is 7.11 Å². The molecule has 0 aliphatic carbocycles. The quantitative estimate of drug-likeness (QED) is 0.833. The number of carbonyl (C=O) groups excluding carboxylic acids is 1. The zero-order chi connectivity index (χ0) is 13.0. The highest BCUT2D eigenvalue weighted by atomic mass is 16.5. The first-order valence-electron chi connectivity index (χ1n) is 5.50.